The maximum absolute atomic E-state index is 11.8. The second-order valence-corrected chi connectivity index (χ2v) is 6.96. The summed E-state index contributed by atoms with van der Waals surface area (Å²) in [5.41, 5.74) is 1.21. The van der Waals surface area contributed by atoms with E-state index in [9.17, 15) is 9.59 Å². The Balaban J connectivity index is 1.72. The summed E-state index contributed by atoms with van der Waals surface area (Å²) in [6, 6.07) is 11.6. The third kappa shape index (κ3) is 6.24. The van der Waals surface area contributed by atoms with Crippen molar-refractivity contribution in [3.63, 3.8) is 0 Å². The summed E-state index contributed by atoms with van der Waals surface area (Å²) in [7, 11) is 0. The molecule has 0 spiro atoms. The van der Waals surface area contributed by atoms with Gasteiger partial charge in [-0.3, -0.25) is 9.59 Å². The fourth-order valence-electron chi connectivity index (χ4n) is 1.74. The topological polar surface area (TPSA) is 58.2 Å². The summed E-state index contributed by atoms with van der Waals surface area (Å²) < 4.78 is 0. The van der Waals surface area contributed by atoms with Gasteiger partial charge in [-0.1, -0.05) is 34.8 Å². The van der Waals surface area contributed by atoms with E-state index in [0.29, 0.717) is 26.4 Å². The monoisotopic (exact) mass is 402 g/mol. The number of amides is 2. The molecule has 2 aromatic carbocycles. The molecule has 8 heteroatoms. The molecule has 0 aromatic heterocycles. The number of nitrogens with one attached hydrogen (secondary N) is 2. The highest BCUT2D eigenvalue weighted by Crippen LogP contribution is 2.25. The fourth-order valence-corrected chi connectivity index (χ4v) is 2.78. The molecule has 2 amide bonds. The summed E-state index contributed by atoms with van der Waals surface area (Å²) in [5, 5.41) is 6.80. The average Bonchev–Trinajstić information content (AvgIpc) is 2.53. The van der Waals surface area contributed by atoms with Crippen LogP contribution in [0.2, 0.25) is 15.1 Å². The molecule has 0 heterocycles. The van der Waals surface area contributed by atoms with Gasteiger partial charge >= 0.3 is 0 Å². The van der Waals surface area contributed by atoms with Gasteiger partial charge < -0.3 is 10.6 Å². The summed E-state index contributed by atoms with van der Waals surface area (Å²) in [6.45, 7) is 0. The summed E-state index contributed by atoms with van der Waals surface area (Å²) in [6.07, 6.45) is 0. The smallest absolute Gasteiger partial charge is 0.234 e. The van der Waals surface area contributed by atoms with Crippen LogP contribution in [0.25, 0.3) is 0 Å². The van der Waals surface area contributed by atoms with Crippen LogP contribution in [0.3, 0.4) is 0 Å². The quantitative estimate of drug-likeness (QED) is 0.717. The molecular weight excluding hydrogens is 391 g/mol. The highest BCUT2D eigenvalue weighted by molar-refractivity contribution is 8.00. The Labute approximate surface area is 158 Å². The van der Waals surface area contributed by atoms with E-state index in [-0.39, 0.29) is 23.3 Å². The van der Waals surface area contributed by atoms with Crippen molar-refractivity contribution in [1.29, 1.82) is 0 Å². The lowest BCUT2D eigenvalue weighted by Gasteiger charge is -2.07. The Morgan fingerprint density at radius 2 is 1.33 bits per heavy atom. The van der Waals surface area contributed by atoms with Crippen LogP contribution >= 0.6 is 46.6 Å². The lowest BCUT2D eigenvalue weighted by molar-refractivity contribution is -0.114. The third-order valence-corrected chi connectivity index (χ3v) is 4.72. The van der Waals surface area contributed by atoms with Gasteiger partial charge in [-0.05, 0) is 42.5 Å². The molecule has 0 aliphatic carbocycles. The number of carbonyl (C=O) groups excluding carboxylic acids is 2. The SMILES string of the molecule is O=C(CSCC(=O)Nc1ccc(Cl)c(Cl)c1)Nc1ccc(Cl)cc1. The molecule has 24 heavy (non-hydrogen) atoms. The molecule has 2 rings (SSSR count). The zero-order valence-electron chi connectivity index (χ0n) is 12.3. The van der Waals surface area contributed by atoms with Gasteiger partial charge in [-0.2, -0.15) is 0 Å². The highest BCUT2D eigenvalue weighted by Gasteiger charge is 2.07. The average molecular weight is 404 g/mol. The molecule has 0 radical (unpaired) electrons. The molecule has 4 nitrogen and oxygen atoms in total. The first-order chi connectivity index (χ1) is 11.4. The van der Waals surface area contributed by atoms with E-state index in [1.807, 2.05) is 0 Å². The number of carbonyl (C=O) groups is 2. The van der Waals surface area contributed by atoms with Crippen molar-refractivity contribution in [2.75, 3.05) is 22.1 Å². The van der Waals surface area contributed by atoms with Crippen molar-refractivity contribution >= 4 is 69.8 Å². The molecule has 0 bridgehead atoms. The summed E-state index contributed by atoms with van der Waals surface area (Å²) in [5.74, 6) is -0.103. The van der Waals surface area contributed by atoms with E-state index in [2.05, 4.69) is 10.6 Å². The molecule has 0 aliphatic heterocycles. The molecule has 2 aromatic rings. The van der Waals surface area contributed by atoms with E-state index in [1.54, 1.807) is 42.5 Å². The van der Waals surface area contributed by atoms with Gasteiger partial charge in [0.05, 0.1) is 21.6 Å². The van der Waals surface area contributed by atoms with Gasteiger partial charge in [-0.15, -0.1) is 11.8 Å². The Morgan fingerprint density at radius 3 is 1.92 bits per heavy atom. The molecule has 126 valence electrons. The number of rotatable bonds is 6. The zero-order chi connectivity index (χ0) is 17.5. The van der Waals surface area contributed by atoms with Crippen LogP contribution in [0.4, 0.5) is 11.4 Å². The van der Waals surface area contributed by atoms with Crippen molar-refractivity contribution in [1.82, 2.24) is 0 Å². The first kappa shape index (κ1) is 18.9. The zero-order valence-corrected chi connectivity index (χ0v) is 15.4. The minimum Gasteiger partial charge on any atom is -0.325 e. The Bertz CT molecular complexity index is 739. The molecule has 0 unspecified atom stereocenters. The number of halogens is 3. The highest BCUT2D eigenvalue weighted by atomic mass is 35.5. The lowest BCUT2D eigenvalue weighted by Crippen LogP contribution is -2.18. The number of anilines is 2. The number of hydrogen-bond acceptors (Lipinski definition) is 3. The molecule has 0 fully saturated rings. The van der Waals surface area contributed by atoms with Gasteiger partial charge in [0.1, 0.15) is 0 Å². The number of benzene rings is 2. The van der Waals surface area contributed by atoms with E-state index in [0.717, 1.165) is 0 Å². The number of hydrogen-bond donors (Lipinski definition) is 2. The summed E-state index contributed by atoms with van der Waals surface area (Å²) in [4.78, 5) is 23.6. The third-order valence-electron chi connectivity index (χ3n) is 2.80. The Morgan fingerprint density at radius 1 is 0.792 bits per heavy atom. The molecular formula is C16H13Cl3N2O2S. The van der Waals surface area contributed by atoms with E-state index < -0.39 is 0 Å². The first-order valence-electron chi connectivity index (χ1n) is 6.82. The van der Waals surface area contributed by atoms with E-state index in [4.69, 9.17) is 34.8 Å². The molecule has 0 atom stereocenters. The van der Waals surface area contributed by atoms with Gasteiger partial charge in [0, 0.05) is 16.4 Å². The van der Waals surface area contributed by atoms with E-state index >= 15 is 0 Å². The largest absolute Gasteiger partial charge is 0.325 e. The first-order valence-corrected chi connectivity index (χ1v) is 9.11. The maximum atomic E-state index is 11.8. The lowest BCUT2D eigenvalue weighted by atomic mass is 10.3. The Kier molecular flexibility index (Phi) is 7.24. The van der Waals surface area contributed by atoms with Gasteiger partial charge in [0.2, 0.25) is 11.8 Å². The molecule has 0 saturated carbocycles. The van der Waals surface area contributed by atoms with Crippen LogP contribution in [0, 0.1) is 0 Å². The normalized spacial score (nSPS) is 10.3. The number of thioether (sulfide) groups is 1. The fraction of sp³-hybridized carbons (Fsp3) is 0.125. The van der Waals surface area contributed by atoms with Crippen molar-refractivity contribution in [2.24, 2.45) is 0 Å². The molecule has 2 N–H and O–H groups in total. The standard InChI is InChI=1S/C16H13Cl3N2O2S/c17-10-1-3-11(4-2-10)20-15(22)8-24-9-16(23)21-12-5-6-13(18)14(19)7-12/h1-7H,8-9H2,(H,20,22)(H,21,23). The van der Waals surface area contributed by atoms with Crippen molar-refractivity contribution in [3.05, 3.63) is 57.5 Å². The predicted octanol–water partition coefficient (Wildman–Crippen LogP) is 4.96. The second kappa shape index (κ2) is 9.18. The molecule has 0 aliphatic rings. The molecule has 0 saturated heterocycles. The Hall–Kier alpha value is -1.40. The van der Waals surface area contributed by atoms with Gasteiger partial charge in [0.15, 0.2) is 0 Å². The van der Waals surface area contributed by atoms with E-state index in [1.165, 1.54) is 11.8 Å². The van der Waals surface area contributed by atoms with Crippen LogP contribution in [-0.4, -0.2) is 23.3 Å². The van der Waals surface area contributed by atoms with Crippen molar-refractivity contribution in [3.8, 4) is 0 Å². The van der Waals surface area contributed by atoms with Gasteiger partial charge in [0.25, 0.3) is 0 Å². The maximum Gasteiger partial charge on any atom is 0.234 e. The van der Waals surface area contributed by atoms with Gasteiger partial charge in [-0.25, -0.2) is 0 Å². The van der Waals surface area contributed by atoms with Crippen LogP contribution < -0.4 is 10.6 Å². The van der Waals surface area contributed by atoms with Crippen LogP contribution in [0.15, 0.2) is 42.5 Å². The second-order valence-electron chi connectivity index (χ2n) is 4.72. The predicted molar refractivity (Wildman–Crippen MR) is 102 cm³/mol. The van der Waals surface area contributed by atoms with Crippen LogP contribution in [0.5, 0.6) is 0 Å². The minimum atomic E-state index is -0.224. The van der Waals surface area contributed by atoms with Crippen LogP contribution in [-0.2, 0) is 9.59 Å². The van der Waals surface area contributed by atoms with Crippen molar-refractivity contribution < 1.29 is 9.59 Å². The minimum absolute atomic E-state index is 0.147. The summed E-state index contributed by atoms with van der Waals surface area (Å²) >= 11 is 18.7. The van der Waals surface area contributed by atoms with Crippen molar-refractivity contribution in [2.45, 2.75) is 0 Å². The van der Waals surface area contributed by atoms with Crippen LogP contribution in [0.1, 0.15) is 0 Å².